The first kappa shape index (κ1) is 18.1. The average molecular weight is 357 g/mol. The molecule has 0 radical (unpaired) electrons. The first-order chi connectivity index (χ1) is 11.7. The highest BCUT2D eigenvalue weighted by Crippen LogP contribution is 2.38. The predicted molar refractivity (Wildman–Crippen MR) is 84.8 cm³/mol. The number of likely N-dealkylation sites (tertiary alicyclic amines) is 1. The Hall–Kier alpha value is -1.67. The Labute approximate surface area is 144 Å². The molecule has 138 valence electrons. The fraction of sp³-hybridized carbons (Fsp3) is 0.647. The van der Waals surface area contributed by atoms with Crippen molar-refractivity contribution >= 4 is 5.91 Å². The molecule has 1 saturated heterocycles. The number of aromatic nitrogens is 1. The molecule has 1 aliphatic carbocycles. The lowest BCUT2D eigenvalue weighted by Gasteiger charge is -2.38. The molecule has 1 aromatic heterocycles. The van der Waals surface area contributed by atoms with E-state index >= 15 is 0 Å². The smallest absolute Gasteiger partial charge is 0.391 e. The van der Waals surface area contributed by atoms with Gasteiger partial charge in [0.15, 0.2) is 0 Å². The van der Waals surface area contributed by atoms with Crippen LogP contribution in [0.3, 0.4) is 0 Å². The van der Waals surface area contributed by atoms with Crippen molar-refractivity contribution in [2.24, 2.45) is 11.8 Å². The zero-order chi connectivity index (χ0) is 18.4. The number of carbonyl (C=O) groups is 1. The molecule has 2 aliphatic rings. The Morgan fingerprint density at radius 2 is 1.92 bits per heavy atom. The second-order valence-electron chi connectivity index (χ2n) is 7.23. The number of hydrogen-bond acceptors (Lipinski definition) is 4. The minimum absolute atomic E-state index is 0.00526. The first-order valence-electron chi connectivity index (χ1n) is 8.34. The molecule has 2 heterocycles. The predicted octanol–water partition coefficient (Wildman–Crippen LogP) is 1.87. The number of carbonyl (C=O) groups excluding carboxylic acids is 1. The third-order valence-electron chi connectivity index (χ3n) is 5.36. The standard InChI is InChI=1S/C17H22F3N3O2/c1-22(2)13-5-11-8-23(9-12(11)6-14(13)24)16(25)10-3-4-21-15(7-10)17(18,19)20/h3-4,7,11-14,24H,5-6,8-9H2,1-2H3/t11-,12+,13-,14-/m1/s1. The molecule has 25 heavy (non-hydrogen) atoms. The minimum atomic E-state index is -4.57. The quantitative estimate of drug-likeness (QED) is 0.878. The van der Waals surface area contributed by atoms with Crippen molar-refractivity contribution in [2.75, 3.05) is 27.2 Å². The lowest BCUT2D eigenvalue weighted by Crippen LogP contribution is -2.46. The van der Waals surface area contributed by atoms with Gasteiger partial charge in [0.2, 0.25) is 0 Å². The van der Waals surface area contributed by atoms with Crippen LogP contribution in [0.5, 0.6) is 0 Å². The van der Waals surface area contributed by atoms with Crippen molar-refractivity contribution in [1.29, 1.82) is 0 Å². The molecule has 1 N–H and O–H groups in total. The van der Waals surface area contributed by atoms with Crippen LogP contribution in [0.4, 0.5) is 13.2 Å². The number of aliphatic hydroxyl groups is 1. The summed E-state index contributed by atoms with van der Waals surface area (Å²) < 4.78 is 38.4. The Balaban J connectivity index is 1.73. The summed E-state index contributed by atoms with van der Waals surface area (Å²) in [5.74, 6) is 0.0564. The maximum Gasteiger partial charge on any atom is 0.433 e. The van der Waals surface area contributed by atoms with E-state index in [-0.39, 0.29) is 23.4 Å². The molecular formula is C17H22F3N3O2. The Morgan fingerprint density at radius 1 is 1.28 bits per heavy atom. The van der Waals surface area contributed by atoms with Gasteiger partial charge >= 0.3 is 6.18 Å². The van der Waals surface area contributed by atoms with E-state index in [2.05, 4.69) is 4.98 Å². The van der Waals surface area contributed by atoms with Gasteiger partial charge in [0.1, 0.15) is 5.69 Å². The number of hydrogen-bond donors (Lipinski definition) is 1. The molecule has 0 aromatic carbocycles. The molecule has 1 amide bonds. The fourth-order valence-corrected chi connectivity index (χ4v) is 4.03. The summed E-state index contributed by atoms with van der Waals surface area (Å²) >= 11 is 0. The van der Waals surface area contributed by atoms with E-state index in [4.69, 9.17) is 0 Å². The van der Waals surface area contributed by atoms with Gasteiger partial charge in [-0.05, 0) is 50.9 Å². The Kier molecular flexibility index (Phi) is 4.76. The van der Waals surface area contributed by atoms with Gasteiger partial charge in [0, 0.05) is 30.9 Å². The van der Waals surface area contributed by atoms with E-state index in [1.54, 1.807) is 4.90 Å². The number of alkyl halides is 3. The molecule has 1 saturated carbocycles. The van der Waals surface area contributed by atoms with Crippen molar-refractivity contribution in [3.63, 3.8) is 0 Å². The van der Waals surface area contributed by atoms with Crippen molar-refractivity contribution in [3.05, 3.63) is 29.6 Å². The van der Waals surface area contributed by atoms with Crippen LogP contribution in [0, 0.1) is 11.8 Å². The number of aliphatic hydroxyl groups excluding tert-OH is 1. The molecular weight excluding hydrogens is 335 g/mol. The summed E-state index contributed by atoms with van der Waals surface area (Å²) in [6.45, 7) is 0.995. The second-order valence-corrected chi connectivity index (χ2v) is 7.23. The van der Waals surface area contributed by atoms with Gasteiger partial charge < -0.3 is 14.9 Å². The van der Waals surface area contributed by atoms with Gasteiger partial charge in [0.05, 0.1) is 6.10 Å². The third-order valence-corrected chi connectivity index (χ3v) is 5.36. The van der Waals surface area contributed by atoms with E-state index in [0.717, 1.165) is 18.7 Å². The van der Waals surface area contributed by atoms with Crippen LogP contribution in [-0.4, -0.2) is 65.1 Å². The van der Waals surface area contributed by atoms with Crippen molar-refractivity contribution in [2.45, 2.75) is 31.2 Å². The largest absolute Gasteiger partial charge is 0.433 e. The van der Waals surface area contributed by atoms with Crippen LogP contribution in [0.2, 0.25) is 0 Å². The minimum Gasteiger partial charge on any atom is -0.391 e. The topological polar surface area (TPSA) is 56.7 Å². The van der Waals surface area contributed by atoms with Crippen LogP contribution in [0.25, 0.3) is 0 Å². The average Bonchev–Trinajstić information content (AvgIpc) is 2.95. The van der Waals surface area contributed by atoms with E-state index in [9.17, 15) is 23.1 Å². The van der Waals surface area contributed by atoms with Crippen LogP contribution < -0.4 is 0 Å². The van der Waals surface area contributed by atoms with Crippen molar-refractivity contribution in [1.82, 2.24) is 14.8 Å². The maximum absolute atomic E-state index is 12.8. The first-order valence-corrected chi connectivity index (χ1v) is 8.34. The summed E-state index contributed by atoms with van der Waals surface area (Å²) in [4.78, 5) is 19.5. The Morgan fingerprint density at radius 3 is 2.52 bits per heavy atom. The highest BCUT2D eigenvalue weighted by molar-refractivity contribution is 5.94. The molecule has 8 heteroatoms. The number of likely N-dealkylation sites (N-methyl/N-ethyl adjacent to an activating group) is 1. The van der Waals surface area contributed by atoms with Gasteiger partial charge in [-0.3, -0.25) is 9.78 Å². The molecule has 0 spiro atoms. The number of halogens is 3. The maximum atomic E-state index is 12.8. The second kappa shape index (κ2) is 6.57. The highest BCUT2D eigenvalue weighted by Gasteiger charge is 2.44. The van der Waals surface area contributed by atoms with Crippen LogP contribution in [0.15, 0.2) is 18.3 Å². The third kappa shape index (κ3) is 3.64. The zero-order valence-corrected chi connectivity index (χ0v) is 14.2. The number of fused-ring (bicyclic) bond motifs is 1. The number of amides is 1. The van der Waals surface area contributed by atoms with Crippen LogP contribution in [-0.2, 0) is 6.18 Å². The summed E-state index contributed by atoms with van der Waals surface area (Å²) in [5.41, 5.74) is -1.05. The number of nitrogens with zero attached hydrogens (tertiary/aromatic N) is 3. The molecule has 2 fully saturated rings. The van der Waals surface area contributed by atoms with E-state index in [0.29, 0.717) is 19.5 Å². The molecule has 1 aromatic rings. The normalized spacial score (nSPS) is 29.8. The summed E-state index contributed by atoms with van der Waals surface area (Å²) in [6, 6.07) is 2.17. The summed E-state index contributed by atoms with van der Waals surface area (Å²) in [6.07, 6.45) is -2.60. The number of pyridine rings is 1. The lowest BCUT2D eigenvalue weighted by atomic mass is 9.77. The molecule has 4 atom stereocenters. The molecule has 0 unspecified atom stereocenters. The van der Waals surface area contributed by atoms with Crippen LogP contribution >= 0.6 is 0 Å². The molecule has 5 nitrogen and oxygen atoms in total. The summed E-state index contributed by atoms with van der Waals surface area (Å²) in [5, 5.41) is 10.3. The molecule has 0 bridgehead atoms. The van der Waals surface area contributed by atoms with E-state index < -0.39 is 23.9 Å². The lowest BCUT2D eigenvalue weighted by molar-refractivity contribution is -0.141. The SMILES string of the molecule is CN(C)[C@@H]1C[C@@H]2CN(C(=O)c3ccnc(C(F)(F)F)c3)C[C@@H]2C[C@H]1O. The highest BCUT2D eigenvalue weighted by atomic mass is 19.4. The van der Waals surface area contributed by atoms with Crippen LogP contribution in [0.1, 0.15) is 28.9 Å². The number of rotatable bonds is 2. The monoisotopic (exact) mass is 357 g/mol. The fourth-order valence-electron chi connectivity index (χ4n) is 4.03. The van der Waals surface area contributed by atoms with Gasteiger partial charge in [-0.1, -0.05) is 0 Å². The molecule has 1 aliphatic heterocycles. The van der Waals surface area contributed by atoms with Gasteiger partial charge in [0.25, 0.3) is 5.91 Å². The van der Waals surface area contributed by atoms with Gasteiger partial charge in [-0.2, -0.15) is 13.2 Å². The van der Waals surface area contributed by atoms with Crippen molar-refractivity contribution in [3.8, 4) is 0 Å². The zero-order valence-electron chi connectivity index (χ0n) is 14.2. The van der Waals surface area contributed by atoms with Gasteiger partial charge in [-0.15, -0.1) is 0 Å². The Bertz CT molecular complexity index is 650. The summed E-state index contributed by atoms with van der Waals surface area (Å²) in [7, 11) is 3.84. The van der Waals surface area contributed by atoms with Crippen molar-refractivity contribution < 1.29 is 23.1 Å². The van der Waals surface area contributed by atoms with Gasteiger partial charge in [-0.25, -0.2) is 0 Å². The molecule has 3 rings (SSSR count). The van der Waals surface area contributed by atoms with E-state index in [1.807, 2.05) is 19.0 Å². The van der Waals surface area contributed by atoms with E-state index in [1.165, 1.54) is 6.07 Å².